The molecule has 0 unspecified atom stereocenters. The van der Waals surface area contributed by atoms with Crippen molar-refractivity contribution >= 4 is 8.07 Å². The van der Waals surface area contributed by atoms with Crippen LogP contribution in [0, 0.1) is 0 Å². The molecule has 20 heavy (non-hydrogen) atoms. The molecule has 1 aliphatic rings. The van der Waals surface area contributed by atoms with E-state index in [0.29, 0.717) is 0 Å². The summed E-state index contributed by atoms with van der Waals surface area (Å²) >= 11 is 0. The molecule has 108 valence electrons. The van der Waals surface area contributed by atoms with Crippen LogP contribution in [-0.4, -0.2) is 8.07 Å². The number of rotatable bonds is 5. The second-order valence-electron chi connectivity index (χ2n) is 6.94. The highest BCUT2D eigenvalue weighted by molar-refractivity contribution is 6.83. The lowest BCUT2D eigenvalue weighted by Crippen LogP contribution is -2.27. The maximum absolute atomic E-state index is 2.53. The molecule has 0 saturated heterocycles. The van der Waals surface area contributed by atoms with E-state index in [2.05, 4.69) is 76.0 Å². The van der Waals surface area contributed by atoms with Gasteiger partial charge >= 0.3 is 0 Å². The van der Waals surface area contributed by atoms with Crippen LogP contribution in [0.1, 0.15) is 38.7 Å². The lowest BCUT2D eigenvalue weighted by Gasteiger charge is -2.34. The molecule has 0 aromatic heterocycles. The molecule has 1 aromatic rings. The Morgan fingerprint density at radius 3 is 2.05 bits per heavy atom. The molecular formula is C19H28Si. The fourth-order valence-corrected chi connectivity index (χ4v) is 4.76. The van der Waals surface area contributed by atoms with Gasteiger partial charge in [0.1, 0.15) is 0 Å². The summed E-state index contributed by atoms with van der Waals surface area (Å²) in [6.45, 7) is 12.0. The van der Waals surface area contributed by atoms with Crippen LogP contribution in [0.3, 0.4) is 0 Å². The third kappa shape index (κ3) is 2.69. The molecule has 0 N–H and O–H groups in total. The van der Waals surface area contributed by atoms with Crippen molar-refractivity contribution in [2.24, 2.45) is 0 Å². The maximum Gasteiger partial charge on any atom is 0.0771 e. The molecule has 0 aliphatic heterocycles. The smallest absolute Gasteiger partial charge is 0.0771 e. The lowest BCUT2D eigenvalue weighted by atomic mass is 9.70. The zero-order chi connectivity index (χ0) is 14.8. The van der Waals surface area contributed by atoms with Crippen LogP contribution >= 0.6 is 0 Å². The van der Waals surface area contributed by atoms with E-state index in [-0.39, 0.29) is 5.41 Å². The van der Waals surface area contributed by atoms with E-state index >= 15 is 0 Å². The van der Waals surface area contributed by atoms with Crippen LogP contribution < -0.4 is 0 Å². The van der Waals surface area contributed by atoms with Gasteiger partial charge in [-0.15, -0.1) is 0 Å². The van der Waals surface area contributed by atoms with E-state index in [1.54, 1.807) is 10.8 Å². The largest absolute Gasteiger partial charge is 0.0812 e. The van der Waals surface area contributed by atoms with Crippen molar-refractivity contribution in [1.29, 1.82) is 0 Å². The first-order chi connectivity index (χ1) is 9.44. The van der Waals surface area contributed by atoms with Crippen molar-refractivity contribution in [3.63, 3.8) is 0 Å². The maximum atomic E-state index is 2.53. The van der Waals surface area contributed by atoms with Crippen LogP contribution in [0.25, 0.3) is 0 Å². The molecule has 0 nitrogen and oxygen atoms in total. The van der Waals surface area contributed by atoms with E-state index in [4.69, 9.17) is 0 Å². The Labute approximate surface area is 125 Å². The van der Waals surface area contributed by atoms with Crippen molar-refractivity contribution in [3.8, 4) is 0 Å². The summed E-state index contributed by atoms with van der Waals surface area (Å²) in [4.78, 5) is 0. The first-order valence-corrected chi connectivity index (χ1v) is 11.4. The molecule has 2 rings (SSSR count). The van der Waals surface area contributed by atoms with Crippen LogP contribution in [0.4, 0.5) is 0 Å². The van der Waals surface area contributed by atoms with Gasteiger partial charge in [0.25, 0.3) is 0 Å². The first kappa shape index (κ1) is 15.3. The Hall–Kier alpha value is -1.08. The van der Waals surface area contributed by atoms with Gasteiger partial charge in [-0.3, -0.25) is 0 Å². The minimum atomic E-state index is -1.19. The lowest BCUT2D eigenvalue weighted by molar-refractivity contribution is 0.461. The molecule has 0 bridgehead atoms. The summed E-state index contributed by atoms with van der Waals surface area (Å²) in [6.07, 6.45) is 8.55. The van der Waals surface area contributed by atoms with Gasteiger partial charge in [-0.2, -0.15) is 0 Å². The van der Waals surface area contributed by atoms with Crippen LogP contribution in [0.2, 0.25) is 19.6 Å². The molecule has 1 aliphatic carbocycles. The summed E-state index contributed by atoms with van der Waals surface area (Å²) < 4.78 is 0. The van der Waals surface area contributed by atoms with Gasteiger partial charge in [-0.1, -0.05) is 86.7 Å². The fourth-order valence-electron chi connectivity index (χ4n) is 3.44. The van der Waals surface area contributed by atoms with E-state index in [9.17, 15) is 0 Å². The Bertz CT molecular complexity index is 510. The summed E-state index contributed by atoms with van der Waals surface area (Å²) in [7, 11) is -1.19. The second kappa shape index (κ2) is 5.73. The van der Waals surface area contributed by atoms with Gasteiger partial charge in [-0.05, 0) is 24.8 Å². The minimum absolute atomic E-state index is 0.235. The molecule has 0 saturated carbocycles. The Balaban J connectivity index is 2.42. The van der Waals surface area contributed by atoms with Crippen molar-refractivity contribution < 1.29 is 0 Å². The highest BCUT2D eigenvalue weighted by atomic mass is 28.3. The zero-order valence-corrected chi connectivity index (χ0v) is 14.7. The summed E-state index contributed by atoms with van der Waals surface area (Å²) in [5, 5.41) is 1.63. The number of allylic oxidation sites excluding steroid dienone is 4. The molecule has 0 spiro atoms. The average Bonchev–Trinajstić information content (AvgIpc) is 2.92. The summed E-state index contributed by atoms with van der Waals surface area (Å²) in [6, 6.07) is 11.1. The van der Waals surface area contributed by atoms with E-state index in [1.165, 1.54) is 18.4 Å². The number of benzene rings is 1. The summed E-state index contributed by atoms with van der Waals surface area (Å²) in [5.74, 6) is 0. The van der Waals surface area contributed by atoms with Gasteiger partial charge in [0.15, 0.2) is 0 Å². The third-order valence-electron chi connectivity index (χ3n) is 4.89. The Morgan fingerprint density at radius 2 is 1.60 bits per heavy atom. The van der Waals surface area contributed by atoms with Gasteiger partial charge in [0.05, 0.1) is 8.07 Å². The van der Waals surface area contributed by atoms with Crippen LogP contribution in [0.15, 0.2) is 53.3 Å². The SMILES string of the molecule is CCC(CC)(C1=CC([Si](C)(C)C)=CC1)c1ccccc1. The molecule has 0 heterocycles. The molecule has 0 atom stereocenters. The summed E-state index contributed by atoms with van der Waals surface area (Å²) in [5.41, 5.74) is 3.35. The highest BCUT2D eigenvalue weighted by Gasteiger charge is 2.35. The van der Waals surface area contributed by atoms with E-state index in [0.717, 1.165) is 6.42 Å². The van der Waals surface area contributed by atoms with Crippen molar-refractivity contribution in [3.05, 3.63) is 58.8 Å². The van der Waals surface area contributed by atoms with Crippen molar-refractivity contribution in [2.45, 2.75) is 58.2 Å². The average molecular weight is 285 g/mol. The quantitative estimate of drug-likeness (QED) is 0.592. The molecule has 1 heteroatoms. The topological polar surface area (TPSA) is 0 Å². The molecule has 0 radical (unpaired) electrons. The standard InChI is InChI=1S/C19H28Si/c1-6-19(7-2,16-11-9-8-10-12-16)17-13-14-18(15-17)20(3,4)5/h8-12,14-15H,6-7,13H2,1-5H3. The Morgan fingerprint density at radius 1 is 1.00 bits per heavy atom. The number of hydrogen-bond donors (Lipinski definition) is 0. The van der Waals surface area contributed by atoms with Crippen LogP contribution in [-0.2, 0) is 5.41 Å². The van der Waals surface area contributed by atoms with E-state index in [1.807, 2.05) is 0 Å². The van der Waals surface area contributed by atoms with E-state index < -0.39 is 8.07 Å². The fraction of sp³-hybridized carbons (Fsp3) is 0.474. The van der Waals surface area contributed by atoms with Gasteiger partial charge in [0.2, 0.25) is 0 Å². The first-order valence-electron chi connectivity index (χ1n) is 7.91. The molecule has 0 fully saturated rings. The normalized spacial score (nSPS) is 16.1. The second-order valence-corrected chi connectivity index (χ2v) is 12.0. The minimum Gasteiger partial charge on any atom is -0.0812 e. The molecule has 1 aromatic carbocycles. The molecule has 0 amide bonds. The monoisotopic (exact) mass is 284 g/mol. The van der Waals surface area contributed by atoms with Crippen molar-refractivity contribution in [2.75, 3.05) is 0 Å². The van der Waals surface area contributed by atoms with Gasteiger partial charge < -0.3 is 0 Å². The predicted octanol–water partition coefficient (Wildman–Crippen LogP) is 5.88. The highest BCUT2D eigenvalue weighted by Crippen LogP contribution is 2.44. The van der Waals surface area contributed by atoms with Crippen molar-refractivity contribution in [1.82, 2.24) is 0 Å². The molecular weight excluding hydrogens is 256 g/mol. The Kier molecular flexibility index (Phi) is 4.39. The predicted molar refractivity (Wildman–Crippen MR) is 92.8 cm³/mol. The van der Waals surface area contributed by atoms with Gasteiger partial charge in [-0.25, -0.2) is 0 Å². The number of hydrogen-bond acceptors (Lipinski definition) is 0. The third-order valence-corrected chi connectivity index (χ3v) is 6.97. The van der Waals surface area contributed by atoms with Crippen LogP contribution in [0.5, 0.6) is 0 Å². The van der Waals surface area contributed by atoms with Gasteiger partial charge in [0, 0.05) is 5.41 Å². The zero-order valence-electron chi connectivity index (χ0n) is 13.7.